The van der Waals surface area contributed by atoms with Crippen LogP contribution in [0.3, 0.4) is 0 Å². The number of anilines is 2. The number of hydrogen-bond donors (Lipinski definition) is 3. The number of sulfonamides is 2. The normalized spacial score (nSPS) is 16.5. The third-order valence-electron chi connectivity index (χ3n) is 5.10. The second-order valence-corrected chi connectivity index (χ2v) is 10.5. The topological polar surface area (TPSA) is 153 Å². The number of rotatable bonds is 6. The number of hydrogen-bond acceptors (Lipinski definition) is 6. The van der Waals surface area contributed by atoms with Crippen LogP contribution in [0.15, 0.2) is 100 Å². The molecule has 0 bridgehead atoms. The molecule has 33 heavy (non-hydrogen) atoms. The molecule has 3 aromatic rings. The Bertz CT molecular complexity index is 1430. The average Bonchev–Trinajstić information content (AvgIpc) is 3.09. The van der Waals surface area contributed by atoms with E-state index in [0.29, 0.717) is 11.4 Å². The molecular formula is C22H20N4O5S2. The van der Waals surface area contributed by atoms with Gasteiger partial charge in [-0.15, -0.1) is 0 Å². The Kier molecular flexibility index (Phi) is 5.80. The van der Waals surface area contributed by atoms with Gasteiger partial charge in [0.05, 0.1) is 15.8 Å². The summed E-state index contributed by atoms with van der Waals surface area (Å²) in [7, 11) is -7.70. The van der Waals surface area contributed by atoms with E-state index in [1.807, 2.05) is 30.3 Å². The highest BCUT2D eigenvalue weighted by atomic mass is 32.2. The summed E-state index contributed by atoms with van der Waals surface area (Å²) >= 11 is 0. The molecule has 0 radical (unpaired) electrons. The molecule has 1 aliphatic rings. The van der Waals surface area contributed by atoms with Crippen LogP contribution in [0.25, 0.3) is 0 Å². The Balaban J connectivity index is 1.69. The van der Waals surface area contributed by atoms with Gasteiger partial charge in [-0.2, -0.15) is 0 Å². The fraction of sp³-hybridized carbons (Fsp3) is 0.0455. The Morgan fingerprint density at radius 3 is 1.76 bits per heavy atom. The molecule has 1 unspecified atom stereocenters. The number of benzene rings is 3. The van der Waals surface area contributed by atoms with Crippen molar-refractivity contribution in [1.82, 2.24) is 0 Å². The molecule has 1 aliphatic heterocycles. The quantitative estimate of drug-likeness (QED) is 0.487. The molecule has 0 aliphatic carbocycles. The minimum absolute atomic E-state index is 0.0430. The number of amides is 1. The number of nitrogens with zero attached hydrogens (tertiary/aromatic N) is 1. The summed E-state index contributed by atoms with van der Waals surface area (Å²) in [4.78, 5) is 14.8. The maximum atomic E-state index is 13.3. The van der Waals surface area contributed by atoms with Crippen molar-refractivity contribution >= 4 is 37.3 Å². The summed E-state index contributed by atoms with van der Waals surface area (Å²) in [6, 6.07) is 20.3. The van der Waals surface area contributed by atoms with Crippen LogP contribution < -0.4 is 20.5 Å². The Morgan fingerprint density at radius 2 is 1.24 bits per heavy atom. The number of carbonyl (C=O) groups is 1. The highest BCUT2D eigenvalue weighted by molar-refractivity contribution is 7.89. The van der Waals surface area contributed by atoms with E-state index in [1.54, 1.807) is 6.08 Å². The second kappa shape index (κ2) is 8.45. The van der Waals surface area contributed by atoms with Crippen molar-refractivity contribution < 1.29 is 21.6 Å². The highest BCUT2D eigenvalue weighted by Gasteiger charge is 2.34. The van der Waals surface area contributed by atoms with E-state index in [9.17, 15) is 21.6 Å². The molecule has 0 spiro atoms. The lowest BCUT2D eigenvalue weighted by Gasteiger charge is -2.25. The van der Waals surface area contributed by atoms with E-state index in [2.05, 4.69) is 5.32 Å². The Morgan fingerprint density at radius 1 is 0.727 bits per heavy atom. The minimum atomic E-state index is -3.87. The first kappa shape index (κ1) is 22.7. The summed E-state index contributed by atoms with van der Waals surface area (Å²) in [6.45, 7) is 0. The van der Waals surface area contributed by atoms with E-state index in [4.69, 9.17) is 10.3 Å². The van der Waals surface area contributed by atoms with Crippen LogP contribution in [-0.4, -0.2) is 22.7 Å². The van der Waals surface area contributed by atoms with E-state index < -0.39 is 26.1 Å². The maximum Gasteiger partial charge on any atom is 0.275 e. The van der Waals surface area contributed by atoms with Gasteiger partial charge in [0.2, 0.25) is 20.0 Å². The number of nitrogens with two attached hydrogens (primary N) is 2. The van der Waals surface area contributed by atoms with Gasteiger partial charge < -0.3 is 5.32 Å². The average molecular weight is 485 g/mol. The lowest BCUT2D eigenvalue weighted by Crippen LogP contribution is -2.30. The molecule has 1 amide bonds. The van der Waals surface area contributed by atoms with Gasteiger partial charge in [-0.1, -0.05) is 30.3 Å². The van der Waals surface area contributed by atoms with Gasteiger partial charge in [0.1, 0.15) is 5.70 Å². The van der Waals surface area contributed by atoms with Crippen molar-refractivity contribution in [2.24, 2.45) is 10.3 Å². The number of nitrogens with one attached hydrogen (secondary N) is 1. The molecule has 5 N–H and O–H groups in total. The molecule has 1 atom stereocenters. The fourth-order valence-electron chi connectivity index (χ4n) is 3.51. The van der Waals surface area contributed by atoms with Gasteiger partial charge in [0.25, 0.3) is 5.91 Å². The lowest BCUT2D eigenvalue weighted by atomic mass is 10.1. The minimum Gasteiger partial charge on any atom is -0.351 e. The van der Waals surface area contributed by atoms with Crippen molar-refractivity contribution in [2.45, 2.75) is 15.8 Å². The first-order valence-corrected chi connectivity index (χ1v) is 12.8. The highest BCUT2D eigenvalue weighted by Crippen LogP contribution is 2.36. The third kappa shape index (κ3) is 4.81. The van der Waals surface area contributed by atoms with Gasteiger partial charge in [-0.3, -0.25) is 9.69 Å². The zero-order valence-electron chi connectivity index (χ0n) is 17.1. The number of primary sulfonamides is 2. The van der Waals surface area contributed by atoms with Crippen LogP contribution in [0.5, 0.6) is 0 Å². The van der Waals surface area contributed by atoms with Crippen molar-refractivity contribution in [1.29, 1.82) is 0 Å². The smallest absolute Gasteiger partial charge is 0.275 e. The van der Waals surface area contributed by atoms with Crippen molar-refractivity contribution in [3.63, 3.8) is 0 Å². The second-order valence-electron chi connectivity index (χ2n) is 7.34. The van der Waals surface area contributed by atoms with Gasteiger partial charge in [0.15, 0.2) is 0 Å². The molecule has 3 aromatic carbocycles. The van der Waals surface area contributed by atoms with E-state index in [-0.39, 0.29) is 21.4 Å². The molecule has 9 nitrogen and oxygen atoms in total. The standard InChI is InChI=1S/C22H20N4O5S2/c23-32(28,29)18-10-6-16(7-11-18)25-20-14-21(15-4-2-1-3-5-15)26(22(20)27)17-8-12-19(13-9-17)33(24,30)31/h1-14,21,25H,(H2,23,28,29)(H2,24,30,31). The van der Waals surface area contributed by atoms with Gasteiger partial charge >= 0.3 is 0 Å². The van der Waals surface area contributed by atoms with Gasteiger partial charge in [-0.05, 0) is 60.2 Å². The summed E-state index contributed by atoms with van der Waals surface area (Å²) in [5, 5.41) is 13.3. The SMILES string of the molecule is NS(=O)(=O)c1ccc(NC2=CC(c3ccccc3)N(c3ccc(S(N)(=O)=O)cc3)C2=O)cc1. The fourth-order valence-corrected chi connectivity index (χ4v) is 4.54. The van der Waals surface area contributed by atoms with E-state index >= 15 is 0 Å². The summed E-state index contributed by atoms with van der Waals surface area (Å²) < 4.78 is 46.1. The molecule has 4 rings (SSSR count). The van der Waals surface area contributed by atoms with Crippen LogP contribution in [0.1, 0.15) is 11.6 Å². The molecule has 11 heteroatoms. The molecule has 170 valence electrons. The largest absolute Gasteiger partial charge is 0.351 e. The third-order valence-corrected chi connectivity index (χ3v) is 6.96. The van der Waals surface area contributed by atoms with Crippen molar-refractivity contribution in [3.8, 4) is 0 Å². The van der Waals surface area contributed by atoms with Crippen LogP contribution in [0.4, 0.5) is 11.4 Å². The Labute approximate surface area is 191 Å². The lowest BCUT2D eigenvalue weighted by molar-refractivity contribution is -0.114. The first-order chi connectivity index (χ1) is 15.5. The molecule has 1 heterocycles. The summed E-state index contributed by atoms with van der Waals surface area (Å²) in [5.41, 5.74) is 2.12. The predicted molar refractivity (Wildman–Crippen MR) is 124 cm³/mol. The predicted octanol–water partition coefficient (Wildman–Crippen LogP) is 2.07. The molecule has 0 saturated heterocycles. The van der Waals surface area contributed by atoms with Crippen molar-refractivity contribution in [3.05, 3.63) is 96.2 Å². The molecular weight excluding hydrogens is 464 g/mol. The van der Waals surface area contributed by atoms with Crippen LogP contribution in [0, 0.1) is 0 Å². The molecule has 0 fully saturated rings. The van der Waals surface area contributed by atoms with Crippen LogP contribution in [-0.2, 0) is 24.8 Å². The summed E-state index contributed by atoms with van der Waals surface area (Å²) in [6.07, 6.45) is 1.75. The summed E-state index contributed by atoms with van der Waals surface area (Å²) in [5.74, 6) is -0.345. The monoisotopic (exact) mass is 484 g/mol. The molecule has 0 saturated carbocycles. The molecule has 0 aromatic heterocycles. The zero-order valence-corrected chi connectivity index (χ0v) is 18.8. The van der Waals surface area contributed by atoms with E-state index in [0.717, 1.165) is 5.56 Å². The van der Waals surface area contributed by atoms with Crippen LogP contribution in [0.2, 0.25) is 0 Å². The number of carbonyl (C=O) groups excluding carboxylic acids is 1. The van der Waals surface area contributed by atoms with Gasteiger partial charge in [0, 0.05) is 11.4 Å². The van der Waals surface area contributed by atoms with E-state index in [1.165, 1.54) is 53.4 Å². The zero-order chi connectivity index (χ0) is 23.8. The first-order valence-electron chi connectivity index (χ1n) is 9.67. The Hall–Kier alpha value is -3.51. The van der Waals surface area contributed by atoms with Crippen LogP contribution >= 0.6 is 0 Å². The maximum absolute atomic E-state index is 13.3. The van der Waals surface area contributed by atoms with Crippen molar-refractivity contribution in [2.75, 3.05) is 10.2 Å². The van der Waals surface area contributed by atoms with Gasteiger partial charge in [-0.25, -0.2) is 27.1 Å².